The van der Waals surface area contributed by atoms with Crippen molar-refractivity contribution in [2.24, 2.45) is 5.10 Å². The number of ether oxygens (including phenoxy) is 1. The summed E-state index contributed by atoms with van der Waals surface area (Å²) in [4.78, 5) is 24.5. The van der Waals surface area contributed by atoms with E-state index < -0.39 is 12.0 Å². The summed E-state index contributed by atoms with van der Waals surface area (Å²) in [5.41, 5.74) is 5.17. The lowest BCUT2D eigenvalue weighted by atomic mass is 10.1. The number of nitrogens with zero attached hydrogens (tertiary/aromatic N) is 1. The fourth-order valence-electron chi connectivity index (χ4n) is 2.72. The van der Waals surface area contributed by atoms with Crippen LogP contribution in [0.5, 0.6) is 5.75 Å². The average Bonchev–Trinajstić information content (AvgIpc) is 3.29. The van der Waals surface area contributed by atoms with Crippen LogP contribution in [-0.2, 0) is 4.79 Å². The molecule has 1 aromatic heterocycles. The molecule has 0 unspecified atom stereocenters. The SMILES string of the molecule is C/C(=N/NC(=O)c1ccco1)c1cccc(NC(=O)[C@@H](C)Oc2ccc(Cl)cc2C)c1. The molecule has 0 fully saturated rings. The number of rotatable bonds is 7. The van der Waals surface area contributed by atoms with Crippen molar-refractivity contribution < 1.29 is 18.7 Å². The Morgan fingerprint density at radius 1 is 1.13 bits per heavy atom. The maximum absolute atomic E-state index is 12.6. The van der Waals surface area contributed by atoms with Gasteiger partial charge in [0.2, 0.25) is 0 Å². The first-order valence-corrected chi connectivity index (χ1v) is 9.93. The number of hydrogen-bond donors (Lipinski definition) is 2. The molecule has 0 bridgehead atoms. The van der Waals surface area contributed by atoms with Crippen LogP contribution in [-0.4, -0.2) is 23.6 Å². The largest absolute Gasteiger partial charge is 0.481 e. The summed E-state index contributed by atoms with van der Waals surface area (Å²) in [6.07, 6.45) is 0.697. The van der Waals surface area contributed by atoms with E-state index >= 15 is 0 Å². The minimum absolute atomic E-state index is 0.169. The smallest absolute Gasteiger partial charge is 0.307 e. The molecule has 2 amide bonds. The van der Waals surface area contributed by atoms with Gasteiger partial charge in [-0.15, -0.1) is 0 Å². The minimum Gasteiger partial charge on any atom is -0.481 e. The normalized spacial score (nSPS) is 12.2. The van der Waals surface area contributed by atoms with E-state index in [1.807, 2.05) is 13.0 Å². The third-order valence-corrected chi connectivity index (χ3v) is 4.66. The Morgan fingerprint density at radius 2 is 1.94 bits per heavy atom. The zero-order chi connectivity index (χ0) is 22.4. The van der Waals surface area contributed by atoms with Crippen molar-refractivity contribution >= 4 is 34.8 Å². The van der Waals surface area contributed by atoms with Crippen LogP contribution < -0.4 is 15.5 Å². The van der Waals surface area contributed by atoms with Crippen LogP contribution in [0.2, 0.25) is 5.02 Å². The molecule has 0 aliphatic carbocycles. The number of furan rings is 1. The summed E-state index contributed by atoms with van der Waals surface area (Å²) in [5, 5.41) is 7.52. The summed E-state index contributed by atoms with van der Waals surface area (Å²) in [5.74, 6) is 0.0167. The van der Waals surface area contributed by atoms with E-state index in [0.717, 1.165) is 11.1 Å². The van der Waals surface area contributed by atoms with Gasteiger partial charge in [-0.3, -0.25) is 9.59 Å². The van der Waals surface area contributed by atoms with Gasteiger partial charge in [0.25, 0.3) is 5.91 Å². The molecule has 1 atom stereocenters. The number of carbonyl (C=O) groups is 2. The van der Waals surface area contributed by atoms with E-state index in [1.54, 1.807) is 62.4 Å². The van der Waals surface area contributed by atoms with E-state index in [4.69, 9.17) is 20.8 Å². The predicted molar refractivity (Wildman–Crippen MR) is 120 cm³/mol. The van der Waals surface area contributed by atoms with Gasteiger partial charge in [0.15, 0.2) is 11.9 Å². The van der Waals surface area contributed by atoms with Crippen molar-refractivity contribution in [2.75, 3.05) is 5.32 Å². The number of benzene rings is 2. The number of aryl methyl sites for hydroxylation is 1. The van der Waals surface area contributed by atoms with Crippen molar-refractivity contribution in [1.29, 1.82) is 0 Å². The van der Waals surface area contributed by atoms with Gasteiger partial charge in [0, 0.05) is 10.7 Å². The third-order valence-electron chi connectivity index (χ3n) is 4.43. The maximum Gasteiger partial charge on any atom is 0.307 e. The first-order chi connectivity index (χ1) is 14.8. The number of halogens is 1. The molecule has 0 aliphatic rings. The molecule has 31 heavy (non-hydrogen) atoms. The molecule has 3 aromatic rings. The van der Waals surface area contributed by atoms with Crippen LogP contribution in [0, 0.1) is 6.92 Å². The summed E-state index contributed by atoms with van der Waals surface area (Å²) < 4.78 is 10.8. The van der Waals surface area contributed by atoms with Gasteiger partial charge in [0.1, 0.15) is 5.75 Å². The number of hydrogen-bond acceptors (Lipinski definition) is 5. The van der Waals surface area contributed by atoms with Crippen molar-refractivity contribution in [3.63, 3.8) is 0 Å². The molecule has 0 saturated carbocycles. The molecule has 2 N–H and O–H groups in total. The second-order valence-electron chi connectivity index (χ2n) is 6.86. The van der Waals surface area contributed by atoms with Crippen molar-refractivity contribution in [3.8, 4) is 5.75 Å². The van der Waals surface area contributed by atoms with Crippen LogP contribution >= 0.6 is 11.6 Å². The first-order valence-electron chi connectivity index (χ1n) is 9.55. The highest BCUT2D eigenvalue weighted by Gasteiger charge is 2.16. The lowest BCUT2D eigenvalue weighted by Gasteiger charge is -2.16. The molecule has 0 saturated heterocycles. The highest BCUT2D eigenvalue weighted by Crippen LogP contribution is 2.23. The van der Waals surface area contributed by atoms with Gasteiger partial charge < -0.3 is 14.5 Å². The molecule has 2 aromatic carbocycles. The van der Waals surface area contributed by atoms with Gasteiger partial charge in [-0.1, -0.05) is 23.7 Å². The van der Waals surface area contributed by atoms with Gasteiger partial charge in [-0.2, -0.15) is 5.10 Å². The second-order valence-corrected chi connectivity index (χ2v) is 7.29. The van der Waals surface area contributed by atoms with E-state index in [9.17, 15) is 9.59 Å². The summed E-state index contributed by atoms with van der Waals surface area (Å²) >= 11 is 5.96. The standard InChI is InChI=1S/C23H22ClN3O4/c1-14-12-18(24)9-10-20(14)31-16(3)22(28)25-19-7-4-6-17(13-19)15(2)26-27-23(29)21-8-5-11-30-21/h4-13,16H,1-3H3,(H,25,28)(H,27,29)/b26-15-/t16-/m1/s1. The monoisotopic (exact) mass is 439 g/mol. The fourth-order valence-corrected chi connectivity index (χ4v) is 2.94. The van der Waals surface area contributed by atoms with Crippen LogP contribution in [0.15, 0.2) is 70.4 Å². The zero-order valence-corrected chi connectivity index (χ0v) is 18.1. The topological polar surface area (TPSA) is 92.9 Å². The van der Waals surface area contributed by atoms with Crippen LogP contribution in [0.1, 0.15) is 35.5 Å². The Bertz CT molecular complexity index is 1110. The van der Waals surface area contributed by atoms with E-state index in [0.29, 0.717) is 22.2 Å². The molecule has 8 heteroatoms. The average molecular weight is 440 g/mol. The molecular weight excluding hydrogens is 418 g/mol. The molecule has 160 valence electrons. The lowest BCUT2D eigenvalue weighted by molar-refractivity contribution is -0.122. The van der Waals surface area contributed by atoms with E-state index in [2.05, 4.69) is 15.8 Å². The van der Waals surface area contributed by atoms with Crippen molar-refractivity contribution in [3.05, 3.63) is 82.8 Å². The Balaban J connectivity index is 1.63. The molecule has 7 nitrogen and oxygen atoms in total. The summed E-state index contributed by atoms with van der Waals surface area (Å²) in [6, 6.07) is 15.5. The third kappa shape index (κ3) is 5.96. The summed E-state index contributed by atoms with van der Waals surface area (Å²) in [6.45, 7) is 5.28. The fraction of sp³-hybridized carbons (Fsp3) is 0.174. The molecule has 3 rings (SSSR count). The Kier molecular flexibility index (Phi) is 7.10. The molecule has 0 aliphatic heterocycles. The van der Waals surface area contributed by atoms with Gasteiger partial charge in [0.05, 0.1) is 12.0 Å². The minimum atomic E-state index is -0.717. The van der Waals surface area contributed by atoms with Gasteiger partial charge in [-0.25, -0.2) is 5.43 Å². The summed E-state index contributed by atoms with van der Waals surface area (Å²) in [7, 11) is 0. The highest BCUT2D eigenvalue weighted by molar-refractivity contribution is 6.30. The Hall–Kier alpha value is -3.58. The van der Waals surface area contributed by atoms with Crippen LogP contribution in [0.4, 0.5) is 5.69 Å². The van der Waals surface area contributed by atoms with Gasteiger partial charge in [-0.05, 0) is 74.4 Å². The number of hydrazone groups is 1. The quantitative estimate of drug-likeness (QED) is 0.408. The van der Waals surface area contributed by atoms with Gasteiger partial charge >= 0.3 is 5.91 Å². The van der Waals surface area contributed by atoms with E-state index in [1.165, 1.54) is 6.26 Å². The molecule has 1 heterocycles. The van der Waals surface area contributed by atoms with Crippen LogP contribution in [0.3, 0.4) is 0 Å². The first kappa shape index (κ1) is 22.1. The van der Waals surface area contributed by atoms with E-state index in [-0.39, 0.29) is 11.7 Å². The Morgan fingerprint density at radius 3 is 2.65 bits per heavy atom. The molecule has 0 radical (unpaired) electrons. The second kappa shape index (κ2) is 9.95. The molecule has 0 spiro atoms. The number of anilines is 1. The zero-order valence-electron chi connectivity index (χ0n) is 17.3. The maximum atomic E-state index is 12.6. The predicted octanol–water partition coefficient (Wildman–Crippen LogP) is 4.80. The molecular formula is C23H22ClN3O4. The number of nitrogens with one attached hydrogen (secondary N) is 2. The number of amides is 2. The highest BCUT2D eigenvalue weighted by atomic mass is 35.5. The Labute approximate surface area is 185 Å². The number of carbonyl (C=O) groups excluding carboxylic acids is 2. The van der Waals surface area contributed by atoms with Crippen LogP contribution in [0.25, 0.3) is 0 Å². The van der Waals surface area contributed by atoms with Crippen molar-refractivity contribution in [1.82, 2.24) is 5.43 Å². The van der Waals surface area contributed by atoms with Crippen molar-refractivity contribution in [2.45, 2.75) is 26.9 Å². The lowest BCUT2D eigenvalue weighted by Crippen LogP contribution is -2.30.